The highest BCUT2D eigenvalue weighted by molar-refractivity contribution is 7.27. The molecule has 0 aliphatic carbocycles. The normalized spacial score (nSPS) is 12.3. The molecule has 5 nitrogen and oxygen atoms in total. The summed E-state index contributed by atoms with van der Waals surface area (Å²) in [5.41, 5.74) is 6.20. The van der Waals surface area contributed by atoms with E-state index in [-0.39, 0.29) is 0 Å². The Bertz CT molecular complexity index is 3090. The molecule has 0 saturated heterocycles. The Morgan fingerprint density at radius 2 is 1.30 bits per heavy atom. The fourth-order valence-electron chi connectivity index (χ4n) is 7.47. The van der Waals surface area contributed by atoms with Crippen LogP contribution in [0.1, 0.15) is 0 Å². The Hall–Kier alpha value is -6.11. The second-order valence-electron chi connectivity index (χ2n) is 12.0. The van der Waals surface area contributed by atoms with E-state index in [4.69, 9.17) is 19.4 Å². The third kappa shape index (κ3) is 3.34. The molecular formula is C41H22N4OS. The van der Waals surface area contributed by atoms with Crippen molar-refractivity contribution < 1.29 is 4.42 Å². The molecule has 5 heterocycles. The van der Waals surface area contributed by atoms with E-state index in [2.05, 4.69) is 108 Å². The number of benzene rings is 6. The number of pyridine rings is 1. The van der Waals surface area contributed by atoms with Crippen molar-refractivity contribution in [2.24, 2.45) is 0 Å². The lowest BCUT2D eigenvalue weighted by molar-refractivity contribution is 0.662. The third-order valence-corrected chi connectivity index (χ3v) is 10.6. The van der Waals surface area contributed by atoms with Crippen LogP contribution in [0.4, 0.5) is 0 Å². The smallest absolute Gasteiger partial charge is 0.197 e. The molecule has 0 bridgehead atoms. The maximum atomic E-state index is 6.68. The minimum absolute atomic E-state index is 0.653. The number of hydrogen-bond acceptors (Lipinski definition) is 5. The molecule has 0 saturated carbocycles. The summed E-state index contributed by atoms with van der Waals surface area (Å²) in [7, 11) is 0. The standard InChI is InChI=1S/C41H22N4OS/c1-2-13-24-23(11-1)12-9-18-27(24)40-43-35-28-16-5-7-20-31(28)46-38(35)41(44-40)45-30-19-10-22-42-36(30)34-26-15-4-3-14-25(26)33-29-17-6-8-21-32(29)47-39(33)37(34)45/h1-22H. The molecule has 11 rings (SSSR count). The highest BCUT2D eigenvalue weighted by Crippen LogP contribution is 2.48. The molecule has 47 heavy (non-hydrogen) atoms. The molecule has 6 heteroatoms. The van der Waals surface area contributed by atoms with Crippen molar-refractivity contribution in [2.75, 3.05) is 0 Å². The van der Waals surface area contributed by atoms with E-state index in [0.717, 1.165) is 54.8 Å². The molecule has 0 aliphatic rings. The zero-order valence-electron chi connectivity index (χ0n) is 24.8. The molecule has 5 aromatic heterocycles. The number of aromatic nitrogens is 4. The summed E-state index contributed by atoms with van der Waals surface area (Å²) in [6, 6.07) is 44.4. The van der Waals surface area contributed by atoms with Gasteiger partial charge < -0.3 is 4.42 Å². The molecular weight excluding hydrogens is 597 g/mol. The maximum absolute atomic E-state index is 6.68. The van der Waals surface area contributed by atoms with Crippen LogP contribution in [0.15, 0.2) is 138 Å². The van der Waals surface area contributed by atoms with Crippen LogP contribution in [0, 0.1) is 0 Å². The van der Waals surface area contributed by atoms with Gasteiger partial charge in [-0.05, 0) is 51.9 Å². The Labute approximate surface area is 271 Å². The number of para-hydroxylation sites is 1. The largest absolute Gasteiger partial charge is 0.450 e. The second-order valence-corrected chi connectivity index (χ2v) is 13.0. The lowest BCUT2D eigenvalue weighted by Crippen LogP contribution is -2.02. The third-order valence-electron chi connectivity index (χ3n) is 9.45. The van der Waals surface area contributed by atoms with Gasteiger partial charge in [0.2, 0.25) is 0 Å². The lowest BCUT2D eigenvalue weighted by atomic mass is 10.00. The summed E-state index contributed by atoms with van der Waals surface area (Å²) in [5, 5.41) is 9.23. The molecule has 0 amide bonds. The van der Waals surface area contributed by atoms with Gasteiger partial charge in [-0.1, -0.05) is 97.1 Å². The second kappa shape index (κ2) is 9.22. The van der Waals surface area contributed by atoms with Gasteiger partial charge in [0, 0.05) is 38.0 Å². The van der Waals surface area contributed by atoms with E-state index < -0.39 is 0 Å². The van der Waals surface area contributed by atoms with Gasteiger partial charge in [0.25, 0.3) is 0 Å². The van der Waals surface area contributed by atoms with E-state index in [0.29, 0.717) is 17.2 Å². The van der Waals surface area contributed by atoms with Crippen molar-refractivity contribution in [3.05, 3.63) is 134 Å². The van der Waals surface area contributed by atoms with E-state index in [1.807, 2.05) is 41.8 Å². The van der Waals surface area contributed by atoms with E-state index >= 15 is 0 Å². The van der Waals surface area contributed by atoms with Crippen LogP contribution in [0.3, 0.4) is 0 Å². The van der Waals surface area contributed by atoms with Gasteiger partial charge in [-0.3, -0.25) is 9.55 Å². The summed E-state index contributed by atoms with van der Waals surface area (Å²) in [4.78, 5) is 15.7. The number of furan rings is 1. The van der Waals surface area contributed by atoms with Crippen LogP contribution in [0.2, 0.25) is 0 Å². The first-order valence-electron chi connectivity index (χ1n) is 15.6. The van der Waals surface area contributed by atoms with Gasteiger partial charge in [-0.25, -0.2) is 9.97 Å². The lowest BCUT2D eigenvalue weighted by Gasteiger charge is -2.12. The van der Waals surface area contributed by atoms with Crippen LogP contribution >= 0.6 is 11.3 Å². The molecule has 218 valence electrons. The van der Waals surface area contributed by atoms with Gasteiger partial charge in [0.1, 0.15) is 11.1 Å². The fraction of sp³-hybridized carbons (Fsp3) is 0. The van der Waals surface area contributed by atoms with Gasteiger partial charge in [-0.2, -0.15) is 0 Å². The average Bonchev–Trinajstić information content (AvgIpc) is 3.81. The van der Waals surface area contributed by atoms with E-state index in [9.17, 15) is 0 Å². The van der Waals surface area contributed by atoms with Crippen LogP contribution in [0.25, 0.3) is 103 Å². The maximum Gasteiger partial charge on any atom is 0.197 e. The summed E-state index contributed by atoms with van der Waals surface area (Å²) in [6.45, 7) is 0. The van der Waals surface area contributed by atoms with Gasteiger partial charge in [0.15, 0.2) is 17.2 Å². The SMILES string of the molecule is c1ccc2c(-c3nc(-n4c5cccnc5c5c6ccccc6c6c7ccccc7sc6c54)c4oc5ccccc5c4n3)cccc2c1. The Morgan fingerprint density at radius 1 is 0.574 bits per heavy atom. The molecule has 0 spiro atoms. The average molecular weight is 619 g/mol. The van der Waals surface area contributed by atoms with Crippen LogP contribution < -0.4 is 0 Å². The van der Waals surface area contributed by atoms with Gasteiger partial charge in [0.05, 0.1) is 21.3 Å². The predicted octanol–water partition coefficient (Wildman–Crippen LogP) is 11.2. The molecule has 11 aromatic rings. The molecule has 0 radical (unpaired) electrons. The van der Waals surface area contributed by atoms with Crippen molar-refractivity contribution in [1.82, 2.24) is 19.5 Å². The zero-order chi connectivity index (χ0) is 30.6. The van der Waals surface area contributed by atoms with Crippen LogP contribution in [-0.2, 0) is 0 Å². The molecule has 0 atom stereocenters. The summed E-state index contributed by atoms with van der Waals surface area (Å²) in [6.07, 6.45) is 1.88. The highest BCUT2D eigenvalue weighted by atomic mass is 32.1. The first-order chi connectivity index (χ1) is 23.3. The topological polar surface area (TPSA) is 56.7 Å². The fourth-order valence-corrected chi connectivity index (χ4v) is 8.73. The van der Waals surface area contributed by atoms with Gasteiger partial charge >= 0.3 is 0 Å². The van der Waals surface area contributed by atoms with Crippen molar-refractivity contribution in [2.45, 2.75) is 0 Å². The minimum atomic E-state index is 0.653. The van der Waals surface area contributed by atoms with E-state index in [1.165, 1.54) is 30.9 Å². The molecule has 6 aromatic carbocycles. The van der Waals surface area contributed by atoms with Gasteiger partial charge in [-0.15, -0.1) is 11.3 Å². The number of nitrogens with zero attached hydrogens (tertiary/aromatic N) is 4. The first-order valence-corrected chi connectivity index (χ1v) is 16.4. The van der Waals surface area contributed by atoms with Crippen molar-refractivity contribution in [3.8, 4) is 17.2 Å². The molecule has 0 aliphatic heterocycles. The minimum Gasteiger partial charge on any atom is -0.450 e. The summed E-state index contributed by atoms with van der Waals surface area (Å²) < 4.78 is 11.4. The number of thiophene rings is 1. The quantitative estimate of drug-likeness (QED) is 0.193. The van der Waals surface area contributed by atoms with Crippen molar-refractivity contribution in [1.29, 1.82) is 0 Å². The van der Waals surface area contributed by atoms with Crippen LogP contribution in [-0.4, -0.2) is 19.5 Å². The van der Waals surface area contributed by atoms with Crippen molar-refractivity contribution >= 4 is 97.1 Å². The first kappa shape index (κ1) is 25.1. The molecule has 0 unspecified atom stereocenters. The monoisotopic (exact) mass is 618 g/mol. The number of hydrogen-bond donors (Lipinski definition) is 0. The Kier molecular flexibility index (Phi) is 4.93. The zero-order valence-corrected chi connectivity index (χ0v) is 25.6. The predicted molar refractivity (Wildman–Crippen MR) is 195 cm³/mol. The van der Waals surface area contributed by atoms with E-state index in [1.54, 1.807) is 0 Å². The molecule has 0 fully saturated rings. The summed E-state index contributed by atoms with van der Waals surface area (Å²) >= 11 is 1.82. The summed E-state index contributed by atoms with van der Waals surface area (Å²) in [5.74, 6) is 1.36. The Balaban J connectivity index is 1.40. The molecule has 0 N–H and O–H groups in total. The number of fused-ring (bicyclic) bond motifs is 14. The van der Waals surface area contributed by atoms with Crippen molar-refractivity contribution in [3.63, 3.8) is 0 Å². The highest BCUT2D eigenvalue weighted by Gasteiger charge is 2.26. The van der Waals surface area contributed by atoms with Crippen LogP contribution in [0.5, 0.6) is 0 Å². The Morgan fingerprint density at radius 3 is 2.19 bits per heavy atom. The number of rotatable bonds is 2.